The zero-order valence-corrected chi connectivity index (χ0v) is 14.9. The second kappa shape index (κ2) is 6.42. The van der Waals surface area contributed by atoms with Gasteiger partial charge in [0.05, 0.1) is 12.1 Å². The number of rotatable bonds is 2. The maximum Gasteiger partial charge on any atom is 0.0986 e. The summed E-state index contributed by atoms with van der Waals surface area (Å²) in [5.74, 6) is 0. The van der Waals surface area contributed by atoms with Crippen LogP contribution in [0.1, 0.15) is 28.4 Å². The van der Waals surface area contributed by atoms with Crippen molar-refractivity contribution in [1.82, 2.24) is 4.90 Å². The third-order valence-corrected chi connectivity index (χ3v) is 5.95. The van der Waals surface area contributed by atoms with Crippen LogP contribution in [0, 0.1) is 0 Å². The first-order valence-electron chi connectivity index (χ1n) is 9.53. The number of para-hydroxylation sites is 1. The highest BCUT2D eigenvalue weighted by Gasteiger charge is 2.32. The summed E-state index contributed by atoms with van der Waals surface area (Å²) in [6, 6.07) is 15.1. The number of aliphatic hydroxyl groups is 1. The zero-order valence-electron chi connectivity index (χ0n) is 14.9. The Labute approximate surface area is 154 Å². The third kappa shape index (κ3) is 2.68. The lowest BCUT2D eigenvalue weighted by Gasteiger charge is -2.42. The average molecular weight is 344 g/mol. The number of hydrogen-bond acceptors (Lipinski definition) is 3. The summed E-state index contributed by atoms with van der Waals surface area (Å²) in [4.78, 5) is 4.86. The fourth-order valence-electron chi connectivity index (χ4n) is 4.47. The van der Waals surface area contributed by atoms with E-state index in [4.69, 9.17) is 0 Å². The number of anilines is 1. The lowest BCUT2D eigenvalue weighted by Crippen LogP contribution is -2.51. The molecule has 0 radical (unpaired) electrons. The Bertz CT molecular complexity index is 863. The monoisotopic (exact) mass is 344 g/mol. The van der Waals surface area contributed by atoms with Gasteiger partial charge in [0.2, 0.25) is 0 Å². The van der Waals surface area contributed by atoms with Crippen molar-refractivity contribution in [2.75, 3.05) is 31.1 Å². The molecule has 1 N–H and O–H groups in total. The minimum atomic E-state index is -0.441. The number of fused-ring (bicyclic) bond motifs is 2. The van der Waals surface area contributed by atoms with Gasteiger partial charge in [0.15, 0.2) is 0 Å². The van der Waals surface area contributed by atoms with E-state index >= 15 is 0 Å². The number of piperazine rings is 1. The van der Waals surface area contributed by atoms with Gasteiger partial charge in [-0.3, -0.25) is 4.90 Å². The van der Waals surface area contributed by atoms with Crippen LogP contribution in [0.15, 0.2) is 54.6 Å². The van der Waals surface area contributed by atoms with Crippen molar-refractivity contribution < 1.29 is 5.11 Å². The molecule has 26 heavy (non-hydrogen) atoms. The summed E-state index contributed by atoms with van der Waals surface area (Å²) in [5, 5.41) is 11.1. The van der Waals surface area contributed by atoms with Crippen LogP contribution in [0.25, 0.3) is 12.2 Å². The SMILES string of the molecule is O[C@H]1c2cc3c(cc2C=C[C@@H]1N1CCN(c2ccccc2)CC1)C=CC3. The minimum Gasteiger partial charge on any atom is -0.386 e. The van der Waals surface area contributed by atoms with Gasteiger partial charge in [0.1, 0.15) is 0 Å². The molecule has 2 atom stereocenters. The van der Waals surface area contributed by atoms with Crippen molar-refractivity contribution in [2.24, 2.45) is 0 Å². The molecule has 2 aromatic carbocycles. The predicted molar refractivity (Wildman–Crippen MR) is 107 cm³/mol. The van der Waals surface area contributed by atoms with Crippen molar-refractivity contribution in [2.45, 2.75) is 18.6 Å². The fraction of sp³-hybridized carbons (Fsp3) is 0.304. The highest BCUT2D eigenvalue weighted by Crippen LogP contribution is 2.35. The summed E-state index contributed by atoms with van der Waals surface area (Å²) in [7, 11) is 0. The molecule has 3 heteroatoms. The summed E-state index contributed by atoms with van der Waals surface area (Å²) >= 11 is 0. The van der Waals surface area contributed by atoms with E-state index in [1.165, 1.54) is 22.4 Å². The first-order valence-corrected chi connectivity index (χ1v) is 9.53. The standard InChI is InChI=1S/C23H24N2O/c26-23-21-16-18-6-4-5-17(18)15-19(21)9-10-22(23)25-13-11-24(12-14-25)20-7-2-1-3-8-20/h1-5,7-10,15-16,22-23,26H,6,11-14H2/t22-,23-/m0/s1. The zero-order chi connectivity index (χ0) is 17.5. The number of nitrogens with zero attached hydrogens (tertiary/aromatic N) is 2. The van der Waals surface area contributed by atoms with Crippen LogP contribution in [0.5, 0.6) is 0 Å². The largest absolute Gasteiger partial charge is 0.386 e. The lowest BCUT2D eigenvalue weighted by molar-refractivity contribution is 0.0684. The number of aliphatic hydroxyl groups excluding tert-OH is 1. The maximum absolute atomic E-state index is 11.1. The predicted octanol–water partition coefficient (Wildman–Crippen LogP) is 3.51. The Morgan fingerprint density at radius 3 is 2.50 bits per heavy atom. The van der Waals surface area contributed by atoms with E-state index < -0.39 is 6.10 Å². The Morgan fingerprint density at radius 1 is 0.885 bits per heavy atom. The summed E-state index contributed by atoms with van der Waals surface area (Å²) < 4.78 is 0. The summed E-state index contributed by atoms with van der Waals surface area (Å²) in [5.41, 5.74) is 6.19. The number of allylic oxidation sites excluding steroid dienone is 1. The molecule has 0 spiro atoms. The van der Waals surface area contributed by atoms with E-state index in [-0.39, 0.29) is 6.04 Å². The Balaban J connectivity index is 1.32. The molecule has 0 aromatic heterocycles. The lowest BCUT2D eigenvalue weighted by atomic mass is 9.87. The van der Waals surface area contributed by atoms with Crippen LogP contribution in [0.2, 0.25) is 0 Å². The molecule has 2 aliphatic carbocycles. The van der Waals surface area contributed by atoms with E-state index in [1.54, 1.807) is 0 Å². The van der Waals surface area contributed by atoms with Crippen LogP contribution in [0.3, 0.4) is 0 Å². The van der Waals surface area contributed by atoms with Gasteiger partial charge >= 0.3 is 0 Å². The van der Waals surface area contributed by atoms with Crippen LogP contribution < -0.4 is 4.90 Å². The molecule has 0 amide bonds. The number of hydrogen-bond donors (Lipinski definition) is 1. The molecular formula is C23H24N2O. The van der Waals surface area contributed by atoms with E-state index in [9.17, 15) is 5.11 Å². The van der Waals surface area contributed by atoms with Crippen LogP contribution in [-0.2, 0) is 6.42 Å². The van der Waals surface area contributed by atoms with Gasteiger partial charge in [-0.15, -0.1) is 0 Å². The second-order valence-corrected chi connectivity index (χ2v) is 7.44. The topological polar surface area (TPSA) is 26.7 Å². The van der Waals surface area contributed by atoms with Crippen LogP contribution >= 0.6 is 0 Å². The molecule has 1 heterocycles. The van der Waals surface area contributed by atoms with Crippen molar-refractivity contribution in [3.8, 4) is 0 Å². The van der Waals surface area contributed by atoms with Gasteiger partial charge in [-0.1, -0.05) is 48.6 Å². The Morgan fingerprint density at radius 2 is 1.69 bits per heavy atom. The van der Waals surface area contributed by atoms with Gasteiger partial charge in [-0.2, -0.15) is 0 Å². The molecule has 0 bridgehead atoms. The molecule has 2 aromatic rings. The average Bonchev–Trinajstić information content (AvgIpc) is 3.15. The van der Waals surface area contributed by atoms with Gasteiger partial charge in [0.25, 0.3) is 0 Å². The maximum atomic E-state index is 11.1. The normalized spacial score (nSPS) is 24.6. The smallest absolute Gasteiger partial charge is 0.0986 e. The van der Waals surface area contributed by atoms with Crippen molar-refractivity contribution >= 4 is 17.8 Å². The molecule has 132 valence electrons. The molecule has 0 unspecified atom stereocenters. The minimum absolute atomic E-state index is 0.0767. The van der Waals surface area contributed by atoms with E-state index in [0.29, 0.717) is 0 Å². The molecule has 1 saturated heterocycles. The summed E-state index contributed by atoms with van der Waals surface area (Å²) in [6.07, 6.45) is 9.32. The van der Waals surface area contributed by atoms with Gasteiger partial charge < -0.3 is 10.0 Å². The van der Waals surface area contributed by atoms with E-state index in [2.05, 4.69) is 76.6 Å². The fourth-order valence-corrected chi connectivity index (χ4v) is 4.47. The van der Waals surface area contributed by atoms with Crippen LogP contribution in [-0.4, -0.2) is 42.2 Å². The molecule has 3 nitrogen and oxygen atoms in total. The van der Waals surface area contributed by atoms with E-state index in [0.717, 1.165) is 38.2 Å². The van der Waals surface area contributed by atoms with E-state index in [1.807, 2.05) is 0 Å². The molecule has 5 rings (SSSR count). The van der Waals surface area contributed by atoms with Gasteiger partial charge in [0, 0.05) is 31.9 Å². The third-order valence-electron chi connectivity index (χ3n) is 5.95. The molecular weight excluding hydrogens is 320 g/mol. The Hall–Kier alpha value is -2.36. The van der Waals surface area contributed by atoms with Crippen molar-refractivity contribution in [1.29, 1.82) is 0 Å². The van der Waals surface area contributed by atoms with Crippen LogP contribution in [0.4, 0.5) is 5.69 Å². The molecule has 3 aliphatic rings. The molecule has 1 aliphatic heterocycles. The first-order chi connectivity index (χ1) is 12.8. The van der Waals surface area contributed by atoms with Gasteiger partial charge in [-0.25, -0.2) is 0 Å². The first kappa shape index (κ1) is 15.9. The van der Waals surface area contributed by atoms with Crippen molar-refractivity contribution in [3.05, 3.63) is 76.9 Å². The second-order valence-electron chi connectivity index (χ2n) is 7.44. The molecule has 1 fully saturated rings. The van der Waals surface area contributed by atoms with Gasteiger partial charge in [-0.05, 0) is 46.9 Å². The summed E-state index contributed by atoms with van der Waals surface area (Å²) in [6.45, 7) is 3.95. The Kier molecular flexibility index (Phi) is 3.92. The highest BCUT2D eigenvalue weighted by molar-refractivity contribution is 5.69. The van der Waals surface area contributed by atoms with Crippen molar-refractivity contribution in [3.63, 3.8) is 0 Å². The highest BCUT2D eigenvalue weighted by atomic mass is 16.3. The molecule has 0 saturated carbocycles. The number of benzene rings is 2. The quantitative estimate of drug-likeness (QED) is 0.903.